The maximum atomic E-state index is 11.1. The van der Waals surface area contributed by atoms with E-state index in [4.69, 9.17) is 9.79 Å². The minimum absolute atomic E-state index is 0.0879. The van der Waals surface area contributed by atoms with Gasteiger partial charge in [0.15, 0.2) is 5.79 Å². The molecular formula is C15H18NO7P. The number of aliphatic hydroxyl groups is 3. The SMILES string of the molecule is O=P(O)(O)/N=C1\C=C(O)C=CC1C(O)(O)CCc1ccc(O)cc1. The zero-order valence-electron chi connectivity index (χ0n) is 12.5. The minimum Gasteiger partial charge on any atom is -0.508 e. The molecule has 9 heteroatoms. The van der Waals surface area contributed by atoms with Gasteiger partial charge in [0.25, 0.3) is 0 Å². The highest BCUT2D eigenvalue weighted by molar-refractivity contribution is 7.50. The van der Waals surface area contributed by atoms with Gasteiger partial charge >= 0.3 is 7.75 Å². The van der Waals surface area contributed by atoms with Gasteiger partial charge in [-0.1, -0.05) is 18.2 Å². The fraction of sp³-hybridized carbons (Fsp3) is 0.267. The Balaban J connectivity index is 2.19. The quantitative estimate of drug-likeness (QED) is 0.343. The van der Waals surface area contributed by atoms with Crippen molar-refractivity contribution >= 4 is 13.5 Å². The second-order valence-corrected chi connectivity index (χ2v) is 6.72. The average molecular weight is 355 g/mol. The molecule has 0 saturated carbocycles. The zero-order chi connectivity index (χ0) is 18.0. The van der Waals surface area contributed by atoms with Crippen molar-refractivity contribution < 1.29 is 34.8 Å². The van der Waals surface area contributed by atoms with Crippen molar-refractivity contribution in [2.75, 3.05) is 0 Å². The molecule has 0 spiro atoms. The lowest BCUT2D eigenvalue weighted by Gasteiger charge is -2.31. The molecule has 0 aromatic heterocycles. The Labute approximate surface area is 138 Å². The summed E-state index contributed by atoms with van der Waals surface area (Å²) in [5, 5.41) is 39.3. The van der Waals surface area contributed by atoms with Crippen LogP contribution >= 0.6 is 7.75 Å². The lowest BCUT2D eigenvalue weighted by atomic mass is 9.86. The number of hydrogen-bond donors (Lipinski definition) is 6. The summed E-state index contributed by atoms with van der Waals surface area (Å²) in [6.45, 7) is 0. The van der Waals surface area contributed by atoms with Crippen molar-refractivity contribution in [3.05, 3.63) is 53.8 Å². The van der Waals surface area contributed by atoms with Crippen molar-refractivity contribution in [1.29, 1.82) is 0 Å². The molecule has 0 bridgehead atoms. The molecule has 1 aliphatic rings. The van der Waals surface area contributed by atoms with Crippen molar-refractivity contribution in [2.45, 2.75) is 18.6 Å². The normalized spacial score (nSPS) is 20.2. The summed E-state index contributed by atoms with van der Waals surface area (Å²) in [6.07, 6.45) is 3.50. The molecule has 130 valence electrons. The molecule has 1 aromatic carbocycles. The Hall–Kier alpha value is -1.96. The third-order valence-corrected chi connectivity index (χ3v) is 4.03. The van der Waals surface area contributed by atoms with Gasteiger partial charge in [0, 0.05) is 12.5 Å². The van der Waals surface area contributed by atoms with Gasteiger partial charge in [-0.2, -0.15) is 4.76 Å². The number of aryl methyl sites for hydroxylation is 1. The molecule has 8 nitrogen and oxygen atoms in total. The number of hydrogen-bond acceptors (Lipinski definition) is 5. The Bertz CT molecular complexity index is 731. The summed E-state index contributed by atoms with van der Waals surface area (Å²) in [7, 11) is -4.80. The monoisotopic (exact) mass is 355 g/mol. The lowest BCUT2D eigenvalue weighted by Crippen LogP contribution is -2.42. The average Bonchev–Trinajstić information content (AvgIpc) is 2.45. The van der Waals surface area contributed by atoms with Crippen molar-refractivity contribution in [3.63, 3.8) is 0 Å². The number of phenolic OH excluding ortho intramolecular Hbond substituents is 1. The molecule has 0 fully saturated rings. The molecular weight excluding hydrogens is 337 g/mol. The number of benzene rings is 1. The Morgan fingerprint density at radius 1 is 1.12 bits per heavy atom. The van der Waals surface area contributed by atoms with Crippen LogP contribution in [-0.2, 0) is 11.0 Å². The van der Waals surface area contributed by atoms with Crippen molar-refractivity contribution in [3.8, 4) is 5.75 Å². The fourth-order valence-electron chi connectivity index (χ4n) is 2.36. The molecule has 1 aliphatic carbocycles. The van der Waals surface area contributed by atoms with Crippen LogP contribution in [0.15, 0.2) is 53.0 Å². The van der Waals surface area contributed by atoms with E-state index in [1.165, 1.54) is 24.3 Å². The highest BCUT2D eigenvalue weighted by Crippen LogP contribution is 2.39. The number of aromatic hydroxyl groups is 1. The summed E-state index contributed by atoms with van der Waals surface area (Å²) < 4.78 is 14.3. The molecule has 0 saturated heterocycles. The van der Waals surface area contributed by atoms with Crippen LogP contribution < -0.4 is 0 Å². The summed E-state index contributed by atoms with van der Waals surface area (Å²) in [4.78, 5) is 18.0. The van der Waals surface area contributed by atoms with Gasteiger partial charge < -0.3 is 30.2 Å². The molecule has 2 rings (SSSR count). The predicted molar refractivity (Wildman–Crippen MR) is 86.4 cm³/mol. The molecule has 1 unspecified atom stereocenters. The van der Waals surface area contributed by atoms with Crippen molar-refractivity contribution in [2.24, 2.45) is 10.7 Å². The van der Waals surface area contributed by atoms with E-state index < -0.39 is 19.5 Å². The maximum Gasteiger partial charge on any atom is 0.448 e. The van der Waals surface area contributed by atoms with E-state index in [9.17, 15) is 25.0 Å². The molecule has 0 heterocycles. The first-order valence-electron chi connectivity index (χ1n) is 7.04. The highest BCUT2D eigenvalue weighted by atomic mass is 31.2. The number of rotatable bonds is 5. The second kappa shape index (κ2) is 6.88. The molecule has 0 amide bonds. The molecule has 1 aromatic rings. The predicted octanol–water partition coefficient (Wildman–Crippen LogP) is 1.17. The van der Waals surface area contributed by atoms with E-state index in [0.717, 1.165) is 11.6 Å². The van der Waals surface area contributed by atoms with Gasteiger partial charge in [-0.3, -0.25) is 0 Å². The smallest absolute Gasteiger partial charge is 0.448 e. The Kier molecular flexibility index (Phi) is 5.27. The van der Waals surface area contributed by atoms with E-state index >= 15 is 0 Å². The third-order valence-electron chi connectivity index (χ3n) is 3.54. The standard InChI is InChI=1S/C15H18NO7P/c17-11-3-1-10(2-4-11)7-8-15(19,20)13-6-5-12(18)9-14(13)16-24(21,22)23/h1-6,9,13,17-20H,7-8H2,(H2,21,22,23)/b16-14+. The third kappa shape index (κ3) is 5.02. The number of phenols is 1. The summed E-state index contributed by atoms with van der Waals surface area (Å²) in [5.41, 5.74) is 0.422. The van der Waals surface area contributed by atoms with Gasteiger partial charge in [-0.25, -0.2) is 4.57 Å². The first-order chi connectivity index (χ1) is 11.1. The van der Waals surface area contributed by atoms with Crippen LogP contribution in [0.3, 0.4) is 0 Å². The first kappa shape index (κ1) is 18.4. The highest BCUT2D eigenvalue weighted by Gasteiger charge is 2.37. The number of aliphatic hydroxyl groups excluding tert-OH is 1. The van der Waals surface area contributed by atoms with E-state index in [1.54, 1.807) is 12.1 Å². The van der Waals surface area contributed by atoms with Gasteiger partial charge in [-0.15, -0.1) is 0 Å². The van der Waals surface area contributed by atoms with E-state index in [0.29, 0.717) is 0 Å². The Morgan fingerprint density at radius 2 is 1.75 bits per heavy atom. The van der Waals surface area contributed by atoms with E-state index in [-0.39, 0.29) is 30.1 Å². The van der Waals surface area contributed by atoms with Gasteiger partial charge in [-0.05, 0) is 30.2 Å². The van der Waals surface area contributed by atoms with Crippen LogP contribution in [0.4, 0.5) is 0 Å². The first-order valence-corrected chi connectivity index (χ1v) is 8.60. The van der Waals surface area contributed by atoms with Gasteiger partial charge in [0.1, 0.15) is 11.5 Å². The molecule has 1 atom stereocenters. The lowest BCUT2D eigenvalue weighted by molar-refractivity contribution is -0.177. The number of nitrogens with zero attached hydrogens (tertiary/aromatic N) is 1. The van der Waals surface area contributed by atoms with E-state index in [2.05, 4.69) is 4.76 Å². The van der Waals surface area contributed by atoms with Crippen LogP contribution in [0, 0.1) is 5.92 Å². The Morgan fingerprint density at radius 3 is 2.33 bits per heavy atom. The van der Waals surface area contributed by atoms with Crippen LogP contribution in [0.1, 0.15) is 12.0 Å². The van der Waals surface area contributed by atoms with Gasteiger partial charge in [0.2, 0.25) is 0 Å². The topological polar surface area (TPSA) is 151 Å². The fourth-order valence-corrected chi connectivity index (χ4v) is 2.84. The van der Waals surface area contributed by atoms with Crippen molar-refractivity contribution in [1.82, 2.24) is 0 Å². The van der Waals surface area contributed by atoms with Crippen LogP contribution in [0.5, 0.6) is 5.75 Å². The molecule has 24 heavy (non-hydrogen) atoms. The largest absolute Gasteiger partial charge is 0.508 e. The maximum absolute atomic E-state index is 11.1. The molecule has 0 aliphatic heterocycles. The van der Waals surface area contributed by atoms with Crippen LogP contribution in [0.25, 0.3) is 0 Å². The van der Waals surface area contributed by atoms with E-state index in [1.807, 2.05) is 0 Å². The second-order valence-electron chi connectivity index (χ2n) is 5.49. The van der Waals surface area contributed by atoms with Gasteiger partial charge in [0.05, 0.1) is 11.6 Å². The summed E-state index contributed by atoms with van der Waals surface area (Å²) in [6, 6.07) is 6.18. The van der Waals surface area contributed by atoms with Crippen LogP contribution in [-0.4, -0.2) is 41.7 Å². The molecule has 0 radical (unpaired) electrons. The zero-order valence-corrected chi connectivity index (χ0v) is 13.4. The minimum atomic E-state index is -4.80. The summed E-state index contributed by atoms with van der Waals surface area (Å²) in [5.74, 6) is -3.75. The number of allylic oxidation sites excluding steroid dienone is 2. The molecule has 6 N–H and O–H groups in total. The van der Waals surface area contributed by atoms with Crippen LogP contribution in [0.2, 0.25) is 0 Å². The summed E-state index contributed by atoms with van der Waals surface area (Å²) >= 11 is 0.